The molecule has 0 aliphatic heterocycles. The number of aromatic nitrogens is 2. The first-order valence-electron chi connectivity index (χ1n) is 5.40. The fourth-order valence-corrected chi connectivity index (χ4v) is 1.49. The first-order chi connectivity index (χ1) is 8.25. The van der Waals surface area contributed by atoms with E-state index in [2.05, 4.69) is 9.97 Å². The quantitative estimate of drug-likeness (QED) is 0.861. The Morgan fingerprint density at radius 1 is 1.12 bits per heavy atom. The lowest BCUT2D eigenvalue weighted by atomic mass is 10.1. The van der Waals surface area contributed by atoms with Crippen molar-refractivity contribution in [3.05, 3.63) is 48.3 Å². The Morgan fingerprint density at radius 2 is 1.76 bits per heavy atom. The molecule has 2 aromatic rings. The topological polar surface area (TPSA) is 68.9 Å². The van der Waals surface area contributed by atoms with Crippen molar-refractivity contribution in [2.24, 2.45) is 5.73 Å². The standard InChI is InChI=1S/C13H13N3O/c14-12(17)7-6-10-8-15-13(16-9-10)11-4-2-1-3-5-11/h1-5,8-9H,6-7H2,(H2,14,17). The lowest BCUT2D eigenvalue weighted by molar-refractivity contribution is -0.117. The molecule has 1 amide bonds. The van der Waals surface area contributed by atoms with E-state index in [0.717, 1.165) is 11.1 Å². The van der Waals surface area contributed by atoms with Crippen molar-refractivity contribution in [3.8, 4) is 11.4 Å². The molecule has 0 aliphatic carbocycles. The third-order valence-corrected chi connectivity index (χ3v) is 2.40. The fraction of sp³-hybridized carbons (Fsp3) is 0.154. The van der Waals surface area contributed by atoms with Gasteiger partial charge in [0.15, 0.2) is 5.82 Å². The number of carbonyl (C=O) groups is 1. The van der Waals surface area contributed by atoms with E-state index in [4.69, 9.17) is 5.73 Å². The average molecular weight is 227 g/mol. The van der Waals surface area contributed by atoms with Crippen molar-refractivity contribution < 1.29 is 4.79 Å². The normalized spacial score (nSPS) is 10.1. The Kier molecular flexibility index (Phi) is 3.45. The van der Waals surface area contributed by atoms with Crippen LogP contribution in [0.25, 0.3) is 11.4 Å². The highest BCUT2D eigenvalue weighted by molar-refractivity contribution is 5.73. The van der Waals surface area contributed by atoms with Crippen molar-refractivity contribution in [3.63, 3.8) is 0 Å². The van der Waals surface area contributed by atoms with Gasteiger partial charge in [-0.3, -0.25) is 4.79 Å². The summed E-state index contributed by atoms with van der Waals surface area (Å²) in [6.45, 7) is 0. The van der Waals surface area contributed by atoms with Gasteiger partial charge < -0.3 is 5.73 Å². The van der Waals surface area contributed by atoms with Crippen LogP contribution >= 0.6 is 0 Å². The van der Waals surface area contributed by atoms with Crippen LogP contribution in [-0.4, -0.2) is 15.9 Å². The molecule has 2 N–H and O–H groups in total. The zero-order chi connectivity index (χ0) is 12.1. The number of benzene rings is 1. The number of amides is 1. The average Bonchev–Trinajstić information content (AvgIpc) is 2.38. The fourth-order valence-electron chi connectivity index (χ4n) is 1.49. The molecule has 1 heterocycles. The van der Waals surface area contributed by atoms with E-state index in [1.807, 2.05) is 30.3 Å². The predicted molar refractivity (Wildman–Crippen MR) is 65.0 cm³/mol. The maximum absolute atomic E-state index is 10.6. The molecule has 0 aliphatic rings. The molecular formula is C13H13N3O. The zero-order valence-electron chi connectivity index (χ0n) is 9.34. The molecule has 0 spiro atoms. The summed E-state index contributed by atoms with van der Waals surface area (Å²) >= 11 is 0. The summed E-state index contributed by atoms with van der Waals surface area (Å²) in [6.07, 6.45) is 4.38. The largest absolute Gasteiger partial charge is 0.370 e. The summed E-state index contributed by atoms with van der Waals surface area (Å²) in [6, 6.07) is 9.75. The molecule has 17 heavy (non-hydrogen) atoms. The van der Waals surface area contributed by atoms with E-state index in [1.54, 1.807) is 12.4 Å². The molecule has 0 fully saturated rings. The summed E-state index contributed by atoms with van der Waals surface area (Å²) < 4.78 is 0. The molecule has 2 rings (SSSR count). The molecule has 1 aromatic heterocycles. The van der Waals surface area contributed by atoms with Gasteiger partial charge in [-0.2, -0.15) is 0 Å². The second kappa shape index (κ2) is 5.21. The van der Waals surface area contributed by atoms with Crippen LogP contribution in [0.3, 0.4) is 0 Å². The summed E-state index contributed by atoms with van der Waals surface area (Å²) in [5.74, 6) is 0.380. The molecule has 0 unspecified atom stereocenters. The monoisotopic (exact) mass is 227 g/mol. The van der Waals surface area contributed by atoms with Crippen LogP contribution in [0.2, 0.25) is 0 Å². The number of primary amides is 1. The van der Waals surface area contributed by atoms with Gasteiger partial charge in [0, 0.05) is 24.4 Å². The smallest absolute Gasteiger partial charge is 0.217 e. The summed E-state index contributed by atoms with van der Waals surface area (Å²) in [5.41, 5.74) is 6.98. The van der Waals surface area contributed by atoms with Gasteiger partial charge in [-0.25, -0.2) is 9.97 Å². The number of nitrogens with two attached hydrogens (primary N) is 1. The molecule has 4 nitrogen and oxygen atoms in total. The first kappa shape index (κ1) is 11.3. The number of hydrogen-bond donors (Lipinski definition) is 1. The predicted octanol–water partition coefficient (Wildman–Crippen LogP) is 1.56. The molecule has 0 radical (unpaired) electrons. The maximum atomic E-state index is 10.6. The SMILES string of the molecule is NC(=O)CCc1cnc(-c2ccccc2)nc1. The van der Waals surface area contributed by atoms with E-state index in [9.17, 15) is 4.79 Å². The molecule has 0 bridgehead atoms. The van der Waals surface area contributed by atoms with Crippen LogP contribution in [0.1, 0.15) is 12.0 Å². The van der Waals surface area contributed by atoms with E-state index >= 15 is 0 Å². The van der Waals surface area contributed by atoms with Gasteiger partial charge in [-0.1, -0.05) is 30.3 Å². The van der Waals surface area contributed by atoms with Crippen LogP contribution < -0.4 is 5.73 Å². The van der Waals surface area contributed by atoms with Crippen molar-refractivity contribution in [1.29, 1.82) is 0 Å². The molecule has 0 saturated heterocycles. The van der Waals surface area contributed by atoms with E-state index in [-0.39, 0.29) is 5.91 Å². The van der Waals surface area contributed by atoms with Crippen LogP contribution in [0.4, 0.5) is 0 Å². The third-order valence-electron chi connectivity index (χ3n) is 2.40. The second-order valence-electron chi connectivity index (χ2n) is 3.75. The van der Waals surface area contributed by atoms with Crippen LogP contribution in [0.5, 0.6) is 0 Å². The van der Waals surface area contributed by atoms with Crippen molar-refractivity contribution >= 4 is 5.91 Å². The highest BCUT2D eigenvalue weighted by atomic mass is 16.1. The van der Waals surface area contributed by atoms with Gasteiger partial charge in [0.05, 0.1) is 0 Å². The highest BCUT2D eigenvalue weighted by Gasteiger charge is 2.01. The first-order valence-corrected chi connectivity index (χ1v) is 5.40. The van der Waals surface area contributed by atoms with Crippen LogP contribution in [-0.2, 0) is 11.2 Å². The van der Waals surface area contributed by atoms with Gasteiger partial charge >= 0.3 is 0 Å². The summed E-state index contributed by atoms with van der Waals surface area (Å²) in [4.78, 5) is 19.2. The molecule has 1 aromatic carbocycles. The van der Waals surface area contributed by atoms with E-state index in [1.165, 1.54) is 0 Å². The summed E-state index contributed by atoms with van der Waals surface area (Å²) in [7, 11) is 0. The number of nitrogens with zero attached hydrogens (tertiary/aromatic N) is 2. The van der Waals surface area contributed by atoms with Gasteiger partial charge in [-0.15, -0.1) is 0 Å². The minimum absolute atomic E-state index is 0.308. The molecule has 4 heteroatoms. The molecular weight excluding hydrogens is 214 g/mol. The third kappa shape index (κ3) is 3.11. The van der Waals surface area contributed by atoms with Gasteiger partial charge in [-0.05, 0) is 12.0 Å². The lowest BCUT2D eigenvalue weighted by Gasteiger charge is -2.01. The Morgan fingerprint density at radius 3 is 2.35 bits per heavy atom. The Hall–Kier alpha value is -2.23. The lowest BCUT2D eigenvalue weighted by Crippen LogP contribution is -2.11. The van der Waals surface area contributed by atoms with Gasteiger partial charge in [0.25, 0.3) is 0 Å². The number of aryl methyl sites for hydroxylation is 1. The van der Waals surface area contributed by atoms with Crippen molar-refractivity contribution in [2.45, 2.75) is 12.8 Å². The van der Waals surface area contributed by atoms with Crippen LogP contribution in [0.15, 0.2) is 42.7 Å². The second-order valence-corrected chi connectivity index (χ2v) is 3.75. The minimum atomic E-state index is -0.308. The van der Waals surface area contributed by atoms with E-state index in [0.29, 0.717) is 18.7 Å². The Labute approximate surface area is 99.5 Å². The Balaban J connectivity index is 2.11. The van der Waals surface area contributed by atoms with E-state index < -0.39 is 0 Å². The number of rotatable bonds is 4. The van der Waals surface area contributed by atoms with Crippen LogP contribution in [0, 0.1) is 0 Å². The number of carbonyl (C=O) groups excluding carboxylic acids is 1. The van der Waals surface area contributed by atoms with Crippen molar-refractivity contribution in [1.82, 2.24) is 9.97 Å². The maximum Gasteiger partial charge on any atom is 0.217 e. The van der Waals surface area contributed by atoms with Gasteiger partial charge in [0.1, 0.15) is 0 Å². The summed E-state index contributed by atoms with van der Waals surface area (Å²) in [5, 5.41) is 0. The van der Waals surface area contributed by atoms with Crippen molar-refractivity contribution in [2.75, 3.05) is 0 Å². The minimum Gasteiger partial charge on any atom is -0.370 e. The molecule has 0 atom stereocenters. The van der Waals surface area contributed by atoms with Gasteiger partial charge in [0.2, 0.25) is 5.91 Å². The Bertz CT molecular complexity index is 494. The number of hydrogen-bond acceptors (Lipinski definition) is 3. The highest BCUT2D eigenvalue weighted by Crippen LogP contribution is 2.13. The molecule has 86 valence electrons. The zero-order valence-corrected chi connectivity index (χ0v) is 9.34. The molecule has 0 saturated carbocycles.